The molecule has 0 unspecified atom stereocenters. The van der Waals surface area contributed by atoms with Crippen LogP contribution in [0.25, 0.3) is 0 Å². The van der Waals surface area contributed by atoms with Gasteiger partial charge in [0.15, 0.2) is 5.78 Å². The van der Waals surface area contributed by atoms with Gasteiger partial charge < -0.3 is 10.1 Å². The molecule has 0 aromatic heterocycles. The molecule has 1 aliphatic carbocycles. The maximum absolute atomic E-state index is 11.5. The number of rotatable bonds is 1. The molecule has 0 aliphatic heterocycles. The lowest BCUT2D eigenvalue weighted by Gasteiger charge is -2.28. The average Bonchev–Trinajstić information content (AvgIpc) is 2.07. The second-order valence-corrected chi connectivity index (χ2v) is 4.98. The first-order valence-electron chi connectivity index (χ1n) is 5.14. The van der Waals surface area contributed by atoms with E-state index in [1.54, 1.807) is 39.8 Å². The van der Waals surface area contributed by atoms with E-state index in [0.29, 0.717) is 0 Å². The number of carbonyl (C=O) groups excluding carboxylic acids is 2. The SMILES string of the molecule is CC1(NC(=O)OC(C)(C)C)C=CC(=O)C=C1. The number of amides is 1. The highest BCUT2D eigenvalue weighted by molar-refractivity contribution is 6.00. The molecule has 1 aliphatic rings. The van der Waals surface area contributed by atoms with Crippen LogP contribution < -0.4 is 5.32 Å². The minimum atomic E-state index is -0.657. The Morgan fingerprint density at radius 1 is 1.31 bits per heavy atom. The van der Waals surface area contributed by atoms with Crippen molar-refractivity contribution >= 4 is 11.9 Å². The van der Waals surface area contributed by atoms with Crippen molar-refractivity contribution in [2.75, 3.05) is 0 Å². The summed E-state index contributed by atoms with van der Waals surface area (Å²) in [5.41, 5.74) is -1.19. The molecule has 4 heteroatoms. The summed E-state index contributed by atoms with van der Waals surface area (Å²) in [4.78, 5) is 22.5. The number of ether oxygens (including phenoxy) is 1. The highest BCUT2D eigenvalue weighted by Gasteiger charge is 2.25. The monoisotopic (exact) mass is 223 g/mol. The fourth-order valence-electron chi connectivity index (χ4n) is 1.23. The van der Waals surface area contributed by atoms with Crippen LogP contribution in [0, 0.1) is 0 Å². The molecule has 88 valence electrons. The van der Waals surface area contributed by atoms with Gasteiger partial charge in [-0.2, -0.15) is 0 Å². The Balaban J connectivity index is 2.61. The van der Waals surface area contributed by atoms with E-state index in [2.05, 4.69) is 5.32 Å². The molecule has 0 fully saturated rings. The van der Waals surface area contributed by atoms with Crippen molar-refractivity contribution in [3.05, 3.63) is 24.3 Å². The second-order valence-electron chi connectivity index (χ2n) is 4.98. The standard InChI is InChI=1S/C12H17NO3/c1-11(2,3)16-10(15)13-12(4)7-5-9(14)6-8-12/h5-8H,1-4H3,(H,13,15). The molecule has 0 heterocycles. The van der Waals surface area contributed by atoms with Gasteiger partial charge in [-0.1, -0.05) is 12.2 Å². The van der Waals surface area contributed by atoms with E-state index in [9.17, 15) is 9.59 Å². The van der Waals surface area contributed by atoms with Gasteiger partial charge in [-0.15, -0.1) is 0 Å². The normalized spacial score (nSPS) is 18.4. The molecule has 0 spiro atoms. The first kappa shape index (κ1) is 12.5. The van der Waals surface area contributed by atoms with Crippen LogP contribution in [0.3, 0.4) is 0 Å². The molecule has 0 saturated heterocycles. The van der Waals surface area contributed by atoms with E-state index in [-0.39, 0.29) is 5.78 Å². The number of hydrogen-bond donors (Lipinski definition) is 1. The third-order valence-electron chi connectivity index (χ3n) is 1.96. The van der Waals surface area contributed by atoms with Gasteiger partial charge in [0.05, 0.1) is 5.54 Å². The molecule has 1 amide bonds. The van der Waals surface area contributed by atoms with Crippen molar-refractivity contribution in [3.63, 3.8) is 0 Å². The number of nitrogens with one attached hydrogen (secondary N) is 1. The summed E-state index contributed by atoms with van der Waals surface area (Å²) in [6, 6.07) is 0. The summed E-state index contributed by atoms with van der Waals surface area (Å²) in [6.45, 7) is 7.18. The Morgan fingerprint density at radius 2 is 1.81 bits per heavy atom. The minimum Gasteiger partial charge on any atom is -0.444 e. The van der Waals surface area contributed by atoms with Crippen LogP contribution >= 0.6 is 0 Å². The largest absolute Gasteiger partial charge is 0.444 e. The Kier molecular flexibility index (Phi) is 3.21. The molecule has 0 radical (unpaired) electrons. The third kappa shape index (κ3) is 3.88. The van der Waals surface area contributed by atoms with Gasteiger partial charge in [-0.25, -0.2) is 4.79 Å². The lowest BCUT2D eigenvalue weighted by atomic mass is 9.96. The number of alkyl carbamates (subject to hydrolysis) is 1. The van der Waals surface area contributed by atoms with Gasteiger partial charge in [-0.3, -0.25) is 4.79 Å². The molecule has 16 heavy (non-hydrogen) atoms. The van der Waals surface area contributed by atoms with Crippen LogP contribution in [0.1, 0.15) is 27.7 Å². The summed E-state index contributed by atoms with van der Waals surface area (Å²) < 4.78 is 5.13. The van der Waals surface area contributed by atoms with E-state index in [1.807, 2.05) is 0 Å². The predicted molar refractivity (Wildman–Crippen MR) is 61.1 cm³/mol. The topological polar surface area (TPSA) is 55.4 Å². The summed E-state index contributed by atoms with van der Waals surface area (Å²) in [5.74, 6) is -0.0801. The maximum Gasteiger partial charge on any atom is 0.408 e. The number of ketones is 1. The van der Waals surface area contributed by atoms with Crippen LogP contribution in [0.5, 0.6) is 0 Å². The molecule has 0 aromatic carbocycles. The van der Waals surface area contributed by atoms with Crippen LogP contribution in [0.15, 0.2) is 24.3 Å². The first-order valence-corrected chi connectivity index (χ1v) is 5.14. The molecule has 0 bridgehead atoms. The smallest absolute Gasteiger partial charge is 0.408 e. The van der Waals surface area contributed by atoms with Crippen molar-refractivity contribution in [1.29, 1.82) is 0 Å². The van der Waals surface area contributed by atoms with Gasteiger partial charge in [0.1, 0.15) is 5.60 Å². The third-order valence-corrected chi connectivity index (χ3v) is 1.96. The van der Waals surface area contributed by atoms with Crippen molar-refractivity contribution in [3.8, 4) is 0 Å². The summed E-state index contributed by atoms with van der Waals surface area (Å²) in [7, 11) is 0. The minimum absolute atomic E-state index is 0.0801. The fourth-order valence-corrected chi connectivity index (χ4v) is 1.23. The maximum atomic E-state index is 11.5. The average molecular weight is 223 g/mol. The number of allylic oxidation sites excluding steroid dienone is 2. The van der Waals surface area contributed by atoms with Crippen LogP contribution in [0.4, 0.5) is 4.79 Å². The summed E-state index contributed by atoms with van der Waals surface area (Å²) in [6.07, 6.45) is 5.63. The fraction of sp³-hybridized carbons (Fsp3) is 0.500. The van der Waals surface area contributed by atoms with Crippen LogP contribution in [-0.4, -0.2) is 23.0 Å². The molecular formula is C12H17NO3. The summed E-state index contributed by atoms with van der Waals surface area (Å²) >= 11 is 0. The molecule has 0 atom stereocenters. The zero-order valence-electron chi connectivity index (χ0n) is 10.0. The Hall–Kier alpha value is -1.58. The van der Waals surface area contributed by atoms with Gasteiger partial charge in [0.2, 0.25) is 0 Å². The highest BCUT2D eigenvalue weighted by atomic mass is 16.6. The van der Waals surface area contributed by atoms with Crippen molar-refractivity contribution in [2.24, 2.45) is 0 Å². The molecule has 0 aromatic rings. The van der Waals surface area contributed by atoms with E-state index < -0.39 is 17.2 Å². The number of carbonyl (C=O) groups is 2. The van der Waals surface area contributed by atoms with Gasteiger partial charge in [-0.05, 0) is 39.8 Å². The molecule has 1 rings (SSSR count). The van der Waals surface area contributed by atoms with Gasteiger partial charge in [0.25, 0.3) is 0 Å². The Morgan fingerprint density at radius 3 is 2.25 bits per heavy atom. The first-order chi connectivity index (χ1) is 7.20. The molecule has 4 nitrogen and oxygen atoms in total. The zero-order chi connectivity index (χ0) is 12.4. The van der Waals surface area contributed by atoms with Crippen LogP contribution in [0.2, 0.25) is 0 Å². The van der Waals surface area contributed by atoms with E-state index in [0.717, 1.165) is 0 Å². The summed E-state index contributed by atoms with van der Waals surface area (Å²) in [5, 5.41) is 2.69. The van der Waals surface area contributed by atoms with Crippen LogP contribution in [-0.2, 0) is 9.53 Å². The molecule has 0 saturated carbocycles. The van der Waals surface area contributed by atoms with E-state index in [4.69, 9.17) is 4.74 Å². The Labute approximate surface area is 95.4 Å². The Bertz CT molecular complexity index is 345. The second kappa shape index (κ2) is 4.12. The molecular weight excluding hydrogens is 206 g/mol. The molecule has 1 N–H and O–H groups in total. The lowest BCUT2D eigenvalue weighted by Crippen LogP contribution is -2.46. The predicted octanol–water partition coefficient (Wildman–Crippen LogP) is 1.96. The van der Waals surface area contributed by atoms with Crippen molar-refractivity contribution < 1.29 is 14.3 Å². The van der Waals surface area contributed by atoms with Gasteiger partial charge in [0, 0.05) is 0 Å². The van der Waals surface area contributed by atoms with Gasteiger partial charge >= 0.3 is 6.09 Å². The zero-order valence-corrected chi connectivity index (χ0v) is 10.0. The van der Waals surface area contributed by atoms with Crippen molar-refractivity contribution in [2.45, 2.75) is 38.8 Å². The lowest BCUT2D eigenvalue weighted by molar-refractivity contribution is -0.110. The van der Waals surface area contributed by atoms with E-state index >= 15 is 0 Å². The van der Waals surface area contributed by atoms with E-state index in [1.165, 1.54) is 12.2 Å². The highest BCUT2D eigenvalue weighted by Crippen LogP contribution is 2.14. The number of hydrogen-bond acceptors (Lipinski definition) is 3. The van der Waals surface area contributed by atoms with Crippen molar-refractivity contribution in [1.82, 2.24) is 5.32 Å². The quantitative estimate of drug-likeness (QED) is 0.739.